The first-order valence-electron chi connectivity index (χ1n) is 6.83. The van der Waals surface area contributed by atoms with Crippen molar-refractivity contribution in [2.24, 2.45) is 0 Å². The molecular weight excluding hydrogens is 268 g/mol. The van der Waals surface area contributed by atoms with Gasteiger partial charge < -0.3 is 11.1 Å². The zero-order valence-electron chi connectivity index (χ0n) is 11.6. The van der Waals surface area contributed by atoms with E-state index in [0.29, 0.717) is 6.42 Å². The van der Waals surface area contributed by atoms with Gasteiger partial charge in [-0.2, -0.15) is 0 Å². The molecule has 3 nitrogen and oxygen atoms in total. The van der Waals surface area contributed by atoms with Gasteiger partial charge in [-0.05, 0) is 42.8 Å². The van der Waals surface area contributed by atoms with Crippen molar-refractivity contribution in [3.05, 3.63) is 52.2 Å². The van der Waals surface area contributed by atoms with Crippen LogP contribution in [0.3, 0.4) is 0 Å². The van der Waals surface area contributed by atoms with Gasteiger partial charge in [0.15, 0.2) is 0 Å². The molecule has 2 aromatic rings. The standard InChI is InChI=1S/C16H20N2OS/c1-12(14-8-2-3-9-15(14)17)18-16(19)10-4-6-13-7-5-11-20-13/h2-3,5,7-9,11-12H,4,6,10,17H2,1H3,(H,18,19). The van der Waals surface area contributed by atoms with Crippen molar-refractivity contribution in [1.82, 2.24) is 5.32 Å². The Balaban J connectivity index is 1.78. The maximum Gasteiger partial charge on any atom is 0.220 e. The Morgan fingerprint density at radius 3 is 2.80 bits per heavy atom. The van der Waals surface area contributed by atoms with Crippen LogP contribution in [0.4, 0.5) is 5.69 Å². The van der Waals surface area contributed by atoms with Crippen LogP contribution in [0.1, 0.15) is 36.2 Å². The predicted molar refractivity (Wildman–Crippen MR) is 84.7 cm³/mol. The fourth-order valence-corrected chi connectivity index (χ4v) is 2.93. The molecule has 106 valence electrons. The van der Waals surface area contributed by atoms with E-state index in [0.717, 1.165) is 24.1 Å². The number of nitrogens with one attached hydrogen (secondary N) is 1. The summed E-state index contributed by atoms with van der Waals surface area (Å²) in [4.78, 5) is 13.2. The maximum atomic E-state index is 11.9. The summed E-state index contributed by atoms with van der Waals surface area (Å²) in [5, 5.41) is 5.07. The van der Waals surface area contributed by atoms with Crippen LogP contribution in [-0.2, 0) is 11.2 Å². The van der Waals surface area contributed by atoms with Crippen molar-refractivity contribution in [1.29, 1.82) is 0 Å². The first kappa shape index (κ1) is 14.6. The molecule has 3 N–H and O–H groups in total. The summed E-state index contributed by atoms with van der Waals surface area (Å²) in [6.07, 6.45) is 2.39. The van der Waals surface area contributed by atoms with E-state index in [1.807, 2.05) is 37.3 Å². The topological polar surface area (TPSA) is 55.1 Å². The third-order valence-corrected chi connectivity index (χ3v) is 4.18. The Morgan fingerprint density at radius 1 is 1.30 bits per heavy atom. The first-order chi connectivity index (χ1) is 9.66. The van der Waals surface area contributed by atoms with E-state index in [1.165, 1.54) is 4.88 Å². The lowest BCUT2D eigenvalue weighted by atomic mass is 10.1. The second-order valence-electron chi connectivity index (χ2n) is 4.85. The lowest BCUT2D eigenvalue weighted by molar-refractivity contribution is -0.121. The molecule has 0 spiro atoms. The zero-order chi connectivity index (χ0) is 14.4. The van der Waals surface area contributed by atoms with E-state index in [-0.39, 0.29) is 11.9 Å². The first-order valence-corrected chi connectivity index (χ1v) is 7.71. The van der Waals surface area contributed by atoms with Crippen LogP contribution in [0, 0.1) is 0 Å². The molecule has 1 unspecified atom stereocenters. The SMILES string of the molecule is CC(NC(=O)CCCc1cccs1)c1ccccc1N. The number of hydrogen-bond acceptors (Lipinski definition) is 3. The van der Waals surface area contributed by atoms with E-state index in [9.17, 15) is 4.79 Å². The Kier molecular flexibility index (Phi) is 5.18. The third kappa shape index (κ3) is 4.10. The highest BCUT2D eigenvalue weighted by Crippen LogP contribution is 2.19. The average Bonchev–Trinajstić information content (AvgIpc) is 2.92. The quantitative estimate of drug-likeness (QED) is 0.799. The Hall–Kier alpha value is -1.81. The smallest absolute Gasteiger partial charge is 0.220 e. The van der Waals surface area contributed by atoms with Crippen LogP contribution >= 0.6 is 11.3 Å². The number of benzene rings is 1. The largest absolute Gasteiger partial charge is 0.398 e. The molecule has 1 atom stereocenters. The Labute approximate surface area is 123 Å². The van der Waals surface area contributed by atoms with Gasteiger partial charge in [-0.3, -0.25) is 4.79 Å². The number of thiophene rings is 1. The summed E-state index contributed by atoms with van der Waals surface area (Å²) in [7, 11) is 0. The van der Waals surface area contributed by atoms with E-state index >= 15 is 0 Å². The number of para-hydroxylation sites is 1. The summed E-state index contributed by atoms with van der Waals surface area (Å²) >= 11 is 1.74. The number of nitrogen functional groups attached to an aromatic ring is 1. The Bertz CT molecular complexity index is 551. The molecule has 0 aliphatic heterocycles. The van der Waals surface area contributed by atoms with Crippen molar-refractivity contribution in [3.63, 3.8) is 0 Å². The number of hydrogen-bond donors (Lipinski definition) is 2. The second-order valence-corrected chi connectivity index (χ2v) is 5.88. The fourth-order valence-electron chi connectivity index (χ4n) is 2.17. The molecule has 0 saturated carbocycles. The summed E-state index contributed by atoms with van der Waals surface area (Å²) in [6, 6.07) is 11.7. The van der Waals surface area contributed by atoms with E-state index in [1.54, 1.807) is 11.3 Å². The number of nitrogens with two attached hydrogens (primary N) is 1. The van der Waals surface area contributed by atoms with Gasteiger partial charge >= 0.3 is 0 Å². The maximum absolute atomic E-state index is 11.9. The number of amides is 1. The number of anilines is 1. The average molecular weight is 288 g/mol. The molecule has 20 heavy (non-hydrogen) atoms. The molecule has 0 fully saturated rings. The van der Waals surface area contributed by atoms with Gasteiger partial charge in [0.2, 0.25) is 5.91 Å². The van der Waals surface area contributed by atoms with Crippen molar-refractivity contribution in [2.45, 2.75) is 32.2 Å². The lowest BCUT2D eigenvalue weighted by Gasteiger charge is -2.16. The van der Waals surface area contributed by atoms with Crippen LogP contribution in [0.15, 0.2) is 41.8 Å². The van der Waals surface area contributed by atoms with Gasteiger partial charge in [0, 0.05) is 17.0 Å². The van der Waals surface area contributed by atoms with Crippen LogP contribution in [0.2, 0.25) is 0 Å². The Morgan fingerprint density at radius 2 is 2.10 bits per heavy atom. The molecular formula is C16H20N2OS. The summed E-state index contributed by atoms with van der Waals surface area (Å²) < 4.78 is 0. The van der Waals surface area contributed by atoms with Gasteiger partial charge in [-0.25, -0.2) is 0 Å². The van der Waals surface area contributed by atoms with Crippen molar-refractivity contribution in [2.75, 3.05) is 5.73 Å². The molecule has 1 heterocycles. The summed E-state index contributed by atoms with van der Waals surface area (Å²) in [6.45, 7) is 1.96. The highest BCUT2D eigenvalue weighted by Gasteiger charge is 2.11. The molecule has 1 amide bonds. The highest BCUT2D eigenvalue weighted by atomic mass is 32.1. The van der Waals surface area contributed by atoms with Gasteiger partial charge in [-0.1, -0.05) is 24.3 Å². The predicted octanol–water partition coefficient (Wildman–Crippen LogP) is 3.53. The van der Waals surface area contributed by atoms with E-state index in [2.05, 4.69) is 16.8 Å². The van der Waals surface area contributed by atoms with Crippen LogP contribution in [0.5, 0.6) is 0 Å². The molecule has 0 radical (unpaired) electrons. The normalized spacial score (nSPS) is 12.1. The fraction of sp³-hybridized carbons (Fsp3) is 0.312. The molecule has 4 heteroatoms. The monoisotopic (exact) mass is 288 g/mol. The molecule has 1 aromatic heterocycles. The third-order valence-electron chi connectivity index (χ3n) is 3.25. The van der Waals surface area contributed by atoms with Crippen molar-refractivity contribution < 1.29 is 4.79 Å². The number of carbonyl (C=O) groups is 1. The minimum atomic E-state index is -0.0505. The van der Waals surface area contributed by atoms with Crippen LogP contribution in [-0.4, -0.2) is 5.91 Å². The van der Waals surface area contributed by atoms with Gasteiger partial charge in [0.05, 0.1) is 6.04 Å². The second kappa shape index (κ2) is 7.10. The van der Waals surface area contributed by atoms with E-state index < -0.39 is 0 Å². The van der Waals surface area contributed by atoms with Crippen LogP contribution < -0.4 is 11.1 Å². The van der Waals surface area contributed by atoms with E-state index in [4.69, 9.17) is 5.73 Å². The highest BCUT2D eigenvalue weighted by molar-refractivity contribution is 7.09. The number of rotatable bonds is 6. The lowest BCUT2D eigenvalue weighted by Crippen LogP contribution is -2.26. The molecule has 0 aliphatic carbocycles. The summed E-state index contributed by atoms with van der Waals surface area (Å²) in [5.74, 6) is 0.0808. The van der Waals surface area contributed by atoms with Gasteiger partial charge in [0.1, 0.15) is 0 Å². The minimum absolute atomic E-state index is 0.0505. The van der Waals surface area contributed by atoms with Crippen molar-refractivity contribution >= 4 is 22.9 Å². The molecule has 2 rings (SSSR count). The number of aryl methyl sites for hydroxylation is 1. The minimum Gasteiger partial charge on any atom is -0.398 e. The van der Waals surface area contributed by atoms with Gasteiger partial charge in [-0.15, -0.1) is 11.3 Å². The number of carbonyl (C=O) groups excluding carboxylic acids is 1. The summed E-state index contributed by atoms with van der Waals surface area (Å²) in [5.41, 5.74) is 7.60. The zero-order valence-corrected chi connectivity index (χ0v) is 12.5. The van der Waals surface area contributed by atoms with Crippen molar-refractivity contribution in [3.8, 4) is 0 Å². The molecule has 1 aromatic carbocycles. The molecule has 0 saturated heterocycles. The van der Waals surface area contributed by atoms with Gasteiger partial charge in [0.25, 0.3) is 0 Å². The molecule has 0 bridgehead atoms. The van der Waals surface area contributed by atoms with Crippen LogP contribution in [0.25, 0.3) is 0 Å². The molecule has 0 aliphatic rings.